The first kappa shape index (κ1) is 17.8. The average molecular weight is 369 g/mol. The van der Waals surface area contributed by atoms with Crippen LogP contribution in [0.25, 0.3) is 11.3 Å². The van der Waals surface area contributed by atoms with Gasteiger partial charge in [0.1, 0.15) is 17.0 Å². The van der Waals surface area contributed by atoms with Gasteiger partial charge in [-0.25, -0.2) is 4.79 Å². The zero-order valence-corrected chi connectivity index (χ0v) is 13.3. The first-order chi connectivity index (χ1) is 12.2. The summed E-state index contributed by atoms with van der Waals surface area (Å²) >= 11 is 0. The third-order valence-corrected chi connectivity index (χ3v) is 4.18. The minimum absolute atomic E-state index is 0.00650. The summed E-state index contributed by atoms with van der Waals surface area (Å²) in [6.07, 6.45) is -3.58. The van der Waals surface area contributed by atoms with Gasteiger partial charge in [-0.3, -0.25) is 4.79 Å². The quantitative estimate of drug-likeness (QED) is 0.841. The number of carboxylic acid groups (broad SMARTS) is 1. The minimum atomic E-state index is -4.87. The van der Waals surface area contributed by atoms with Crippen molar-refractivity contribution in [2.24, 2.45) is 0 Å². The molecule has 1 aliphatic rings. The third kappa shape index (κ3) is 3.51. The van der Waals surface area contributed by atoms with Gasteiger partial charge in [0.2, 0.25) is 0 Å². The molecule has 1 saturated carbocycles. The van der Waals surface area contributed by atoms with E-state index in [1.54, 1.807) is 0 Å². The number of halogens is 3. The van der Waals surface area contributed by atoms with Crippen molar-refractivity contribution < 1.29 is 37.0 Å². The van der Waals surface area contributed by atoms with Crippen LogP contribution >= 0.6 is 0 Å². The van der Waals surface area contributed by atoms with Gasteiger partial charge in [-0.2, -0.15) is 0 Å². The second-order valence-corrected chi connectivity index (χ2v) is 5.90. The van der Waals surface area contributed by atoms with E-state index in [-0.39, 0.29) is 17.1 Å². The van der Waals surface area contributed by atoms with E-state index in [0.717, 1.165) is 6.07 Å². The largest absolute Gasteiger partial charge is 0.573 e. The number of ether oxygens (including phenoxy) is 1. The number of carbonyl (C=O) groups is 2. The number of alkyl halides is 3. The molecule has 1 aromatic carbocycles. The van der Waals surface area contributed by atoms with Crippen LogP contribution in [0.1, 0.15) is 29.8 Å². The molecular weight excluding hydrogens is 355 g/mol. The van der Waals surface area contributed by atoms with Crippen LogP contribution in [0.4, 0.5) is 13.2 Å². The average Bonchev–Trinajstić information content (AvgIpc) is 2.99. The molecule has 0 saturated heterocycles. The molecule has 0 atom stereocenters. The second-order valence-electron chi connectivity index (χ2n) is 5.90. The Morgan fingerprint density at radius 1 is 1.15 bits per heavy atom. The highest BCUT2D eigenvalue weighted by Gasteiger charge is 2.46. The van der Waals surface area contributed by atoms with Gasteiger partial charge in [-0.05, 0) is 43.5 Å². The zero-order chi connectivity index (χ0) is 18.9. The molecule has 3 rings (SSSR count). The Kier molecular flexibility index (Phi) is 4.39. The molecule has 1 fully saturated rings. The van der Waals surface area contributed by atoms with E-state index >= 15 is 0 Å². The third-order valence-electron chi connectivity index (χ3n) is 4.18. The highest BCUT2D eigenvalue weighted by Crippen LogP contribution is 2.35. The lowest BCUT2D eigenvalue weighted by Gasteiger charge is -2.37. The number of hydrogen-bond acceptors (Lipinski definition) is 4. The molecule has 9 heteroatoms. The number of carboxylic acids is 1. The van der Waals surface area contributed by atoms with Crippen molar-refractivity contribution in [3.05, 3.63) is 42.2 Å². The SMILES string of the molecule is O=C(NC1(C(=O)O)CCC1)c1ccc(-c2ccccc2OC(F)(F)F)o1. The lowest BCUT2D eigenvalue weighted by atomic mass is 9.76. The van der Waals surface area contributed by atoms with Crippen molar-refractivity contribution in [2.45, 2.75) is 31.2 Å². The normalized spacial score (nSPS) is 15.8. The smallest absolute Gasteiger partial charge is 0.480 e. The molecular formula is C17H14F3NO5. The van der Waals surface area contributed by atoms with E-state index in [4.69, 9.17) is 4.42 Å². The standard InChI is InChI=1S/C17H14F3NO5/c18-17(19,20)26-12-5-2-1-4-10(12)11-6-7-13(25-11)14(22)21-16(15(23)24)8-3-9-16/h1-2,4-7H,3,8-9H2,(H,21,22)(H,23,24). The van der Waals surface area contributed by atoms with Gasteiger partial charge >= 0.3 is 12.3 Å². The molecule has 6 nitrogen and oxygen atoms in total. The molecule has 1 heterocycles. The maximum Gasteiger partial charge on any atom is 0.573 e. The molecule has 0 radical (unpaired) electrons. The van der Waals surface area contributed by atoms with E-state index < -0.39 is 29.5 Å². The van der Waals surface area contributed by atoms with E-state index in [9.17, 15) is 27.9 Å². The van der Waals surface area contributed by atoms with Crippen molar-refractivity contribution in [1.29, 1.82) is 0 Å². The van der Waals surface area contributed by atoms with Gasteiger partial charge in [0.05, 0.1) is 5.56 Å². The summed E-state index contributed by atoms with van der Waals surface area (Å²) in [7, 11) is 0. The molecule has 26 heavy (non-hydrogen) atoms. The topological polar surface area (TPSA) is 88.8 Å². The summed E-state index contributed by atoms with van der Waals surface area (Å²) in [5.41, 5.74) is -1.30. The van der Waals surface area contributed by atoms with Crippen LogP contribution in [0.2, 0.25) is 0 Å². The molecule has 0 unspecified atom stereocenters. The number of amides is 1. The molecule has 0 spiro atoms. The highest BCUT2D eigenvalue weighted by atomic mass is 19.4. The number of furan rings is 1. The van der Waals surface area contributed by atoms with Crippen LogP contribution in [-0.4, -0.2) is 28.9 Å². The maximum absolute atomic E-state index is 12.5. The second kappa shape index (κ2) is 6.40. The minimum Gasteiger partial charge on any atom is -0.480 e. The van der Waals surface area contributed by atoms with Crippen LogP contribution in [0.5, 0.6) is 5.75 Å². The fraction of sp³-hybridized carbons (Fsp3) is 0.294. The van der Waals surface area contributed by atoms with Gasteiger partial charge in [-0.15, -0.1) is 13.2 Å². The van der Waals surface area contributed by atoms with Gasteiger partial charge in [0.15, 0.2) is 5.76 Å². The Labute approximate surface area is 145 Å². The van der Waals surface area contributed by atoms with E-state index in [1.165, 1.54) is 30.3 Å². The lowest BCUT2D eigenvalue weighted by Crippen LogP contribution is -2.59. The monoisotopic (exact) mass is 369 g/mol. The summed E-state index contributed by atoms with van der Waals surface area (Å²) in [4.78, 5) is 23.5. The molecule has 138 valence electrons. The Morgan fingerprint density at radius 3 is 2.42 bits per heavy atom. The van der Waals surface area contributed by atoms with Gasteiger partial charge in [-0.1, -0.05) is 12.1 Å². The molecule has 1 aliphatic carbocycles. The first-order valence-electron chi connectivity index (χ1n) is 7.71. The number of aliphatic carboxylic acids is 1. The van der Waals surface area contributed by atoms with Crippen LogP contribution in [0.15, 0.2) is 40.8 Å². The summed E-state index contributed by atoms with van der Waals surface area (Å²) in [5.74, 6) is -2.55. The molecule has 2 N–H and O–H groups in total. The number of benzene rings is 1. The zero-order valence-electron chi connectivity index (χ0n) is 13.3. The van der Waals surface area contributed by atoms with E-state index in [0.29, 0.717) is 19.3 Å². The lowest BCUT2D eigenvalue weighted by molar-refractivity contribution is -0.274. The van der Waals surface area contributed by atoms with Gasteiger partial charge in [0, 0.05) is 0 Å². The van der Waals surface area contributed by atoms with Gasteiger partial charge < -0.3 is 19.6 Å². The fourth-order valence-corrected chi connectivity index (χ4v) is 2.69. The fourth-order valence-electron chi connectivity index (χ4n) is 2.69. The molecule has 0 bridgehead atoms. The Hall–Kier alpha value is -2.97. The predicted octanol–water partition coefficient (Wildman–Crippen LogP) is 3.58. The summed E-state index contributed by atoms with van der Waals surface area (Å²) < 4.78 is 46.8. The molecule has 1 aromatic heterocycles. The van der Waals surface area contributed by atoms with Crippen LogP contribution < -0.4 is 10.1 Å². The number of nitrogens with one attached hydrogen (secondary N) is 1. The Balaban J connectivity index is 1.82. The van der Waals surface area contributed by atoms with E-state index in [2.05, 4.69) is 10.1 Å². The Morgan fingerprint density at radius 2 is 1.85 bits per heavy atom. The van der Waals surface area contributed by atoms with E-state index in [1.807, 2.05) is 0 Å². The highest BCUT2D eigenvalue weighted by molar-refractivity contribution is 5.96. The number of carbonyl (C=O) groups excluding carboxylic acids is 1. The van der Waals surface area contributed by atoms with Crippen molar-refractivity contribution in [3.63, 3.8) is 0 Å². The Bertz CT molecular complexity index is 839. The van der Waals surface area contributed by atoms with Crippen molar-refractivity contribution >= 4 is 11.9 Å². The summed E-state index contributed by atoms with van der Waals surface area (Å²) in [5, 5.41) is 11.7. The molecule has 2 aromatic rings. The number of rotatable bonds is 5. The molecule has 0 aliphatic heterocycles. The maximum atomic E-state index is 12.5. The van der Waals surface area contributed by atoms with Crippen LogP contribution in [-0.2, 0) is 4.79 Å². The van der Waals surface area contributed by atoms with Crippen LogP contribution in [0.3, 0.4) is 0 Å². The number of hydrogen-bond donors (Lipinski definition) is 2. The van der Waals surface area contributed by atoms with Gasteiger partial charge in [0.25, 0.3) is 5.91 Å². The summed E-state index contributed by atoms with van der Waals surface area (Å²) in [6.45, 7) is 0. The number of para-hydroxylation sites is 1. The van der Waals surface area contributed by atoms with Crippen LogP contribution in [0, 0.1) is 0 Å². The first-order valence-corrected chi connectivity index (χ1v) is 7.71. The van der Waals surface area contributed by atoms with Crippen molar-refractivity contribution in [2.75, 3.05) is 0 Å². The van der Waals surface area contributed by atoms with Crippen molar-refractivity contribution in [1.82, 2.24) is 5.32 Å². The molecule has 1 amide bonds. The van der Waals surface area contributed by atoms with Crippen molar-refractivity contribution in [3.8, 4) is 17.1 Å². The summed E-state index contributed by atoms with van der Waals surface area (Å²) in [6, 6.07) is 7.93. The predicted molar refractivity (Wildman–Crippen MR) is 82.5 cm³/mol.